The second kappa shape index (κ2) is 9.27. The average molecular weight is 483 g/mol. The molecular formula is C24H30N6O3S. The van der Waals surface area contributed by atoms with Crippen molar-refractivity contribution in [2.24, 2.45) is 5.92 Å². The molecule has 0 radical (unpaired) electrons. The van der Waals surface area contributed by atoms with Gasteiger partial charge in [0.15, 0.2) is 0 Å². The van der Waals surface area contributed by atoms with E-state index in [4.69, 9.17) is 0 Å². The van der Waals surface area contributed by atoms with Crippen molar-refractivity contribution >= 4 is 21.7 Å². The van der Waals surface area contributed by atoms with Crippen molar-refractivity contribution in [2.45, 2.75) is 52.4 Å². The minimum atomic E-state index is -3.59. The Hall–Kier alpha value is -3.11. The van der Waals surface area contributed by atoms with E-state index in [1.54, 1.807) is 18.2 Å². The van der Waals surface area contributed by atoms with Crippen LogP contribution in [-0.4, -0.2) is 51.5 Å². The Morgan fingerprint density at radius 1 is 0.912 bits per heavy atom. The summed E-state index contributed by atoms with van der Waals surface area (Å²) in [6.07, 6.45) is 0.895. The van der Waals surface area contributed by atoms with Gasteiger partial charge in [0.05, 0.1) is 10.6 Å². The van der Waals surface area contributed by atoms with Crippen LogP contribution in [-0.2, 0) is 14.8 Å². The molecule has 0 unspecified atom stereocenters. The molecule has 0 bridgehead atoms. The minimum absolute atomic E-state index is 0.159. The standard InChI is InChI=1S/C24H30N6O3S/c1-15-6-7-21(12-16(15)2)34(32,33)29-10-8-20(9-11-29)23(31)27-22-14-19(5)28-30(22)24-25-17(3)13-18(4)26-24/h6-7,12-14,20H,8-11H2,1-5H3,(H,27,31). The number of rotatable bonds is 5. The zero-order chi connectivity index (χ0) is 24.6. The summed E-state index contributed by atoms with van der Waals surface area (Å²) in [6, 6.07) is 8.83. The molecule has 3 aromatic rings. The van der Waals surface area contributed by atoms with Crippen LogP contribution in [0.15, 0.2) is 35.2 Å². The van der Waals surface area contributed by atoms with E-state index < -0.39 is 10.0 Å². The van der Waals surface area contributed by atoms with Gasteiger partial charge in [-0.2, -0.15) is 14.1 Å². The average Bonchev–Trinajstić information content (AvgIpc) is 3.15. The van der Waals surface area contributed by atoms with Crippen molar-refractivity contribution in [3.05, 3.63) is 58.5 Å². The fourth-order valence-electron chi connectivity index (χ4n) is 4.15. The van der Waals surface area contributed by atoms with Crippen LogP contribution in [0.2, 0.25) is 0 Å². The van der Waals surface area contributed by atoms with Gasteiger partial charge in [-0.15, -0.1) is 0 Å². The third-order valence-corrected chi connectivity index (χ3v) is 8.08. The third-order valence-electron chi connectivity index (χ3n) is 6.18. The number of piperidine rings is 1. The maximum absolute atomic E-state index is 13.1. The van der Waals surface area contributed by atoms with E-state index in [0.29, 0.717) is 42.6 Å². The highest BCUT2D eigenvalue weighted by molar-refractivity contribution is 7.89. The highest BCUT2D eigenvalue weighted by Crippen LogP contribution is 2.26. The van der Waals surface area contributed by atoms with Gasteiger partial charge in [0, 0.05) is 36.5 Å². The van der Waals surface area contributed by atoms with Crippen LogP contribution in [0.4, 0.5) is 5.82 Å². The summed E-state index contributed by atoms with van der Waals surface area (Å²) >= 11 is 0. The van der Waals surface area contributed by atoms with Crippen molar-refractivity contribution in [2.75, 3.05) is 18.4 Å². The molecule has 4 rings (SSSR count). The molecular weight excluding hydrogens is 452 g/mol. The largest absolute Gasteiger partial charge is 0.310 e. The molecule has 1 saturated heterocycles. The first-order chi connectivity index (χ1) is 16.0. The number of carbonyl (C=O) groups is 1. The first-order valence-electron chi connectivity index (χ1n) is 11.3. The highest BCUT2D eigenvalue weighted by Gasteiger charge is 2.32. The number of anilines is 1. The van der Waals surface area contributed by atoms with Crippen molar-refractivity contribution in [3.8, 4) is 5.95 Å². The molecule has 1 aliphatic heterocycles. The predicted octanol–water partition coefficient (Wildman–Crippen LogP) is 3.24. The SMILES string of the molecule is Cc1cc(C)nc(-n2nc(C)cc2NC(=O)C2CCN(S(=O)(=O)c3ccc(C)c(C)c3)CC2)n1. The van der Waals surface area contributed by atoms with E-state index in [1.165, 1.54) is 8.99 Å². The zero-order valence-corrected chi connectivity index (χ0v) is 21.0. The van der Waals surface area contributed by atoms with Gasteiger partial charge in [-0.3, -0.25) is 4.79 Å². The van der Waals surface area contributed by atoms with Crippen molar-refractivity contribution < 1.29 is 13.2 Å². The molecule has 1 N–H and O–H groups in total. The maximum Gasteiger partial charge on any atom is 0.252 e. The van der Waals surface area contributed by atoms with E-state index in [1.807, 2.05) is 46.8 Å². The minimum Gasteiger partial charge on any atom is -0.310 e. The lowest BCUT2D eigenvalue weighted by Gasteiger charge is -2.30. The molecule has 2 aromatic heterocycles. The summed E-state index contributed by atoms with van der Waals surface area (Å²) in [5.74, 6) is 0.441. The number of sulfonamides is 1. The topological polar surface area (TPSA) is 110 Å². The monoisotopic (exact) mass is 482 g/mol. The Kier molecular flexibility index (Phi) is 6.55. The molecule has 0 spiro atoms. The maximum atomic E-state index is 13.1. The molecule has 0 saturated carbocycles. The van der Waals surface area contributed by atoms with Crippen LogP contribution in [0, 0.1) is 40.5 Å². The molecule has 9 nitrogen and oxygen atoms in total. The number of nitrogens with zero attached hydrogens (tertiary/aromatic N) is 5. The van der Waals surface area contributed by atoms with Gasteiger partial charge in [0.2, 0.25) is 15.9 Å². The number of benzene rings is 1. The van der Waals surface area contributed by atoms with Crippen molar-refractivity contribution in [1.82, 2.24) is 24.1 Å². The Labute approximate surface area is 200 Å². The number of aryl methyl sites for hydroxylation is 5. The van der Waals surface area contributed by atoms with Crippen molar-refractivity contribution in [1.29, 1.82) is 0 Å². The van der Waals surface area contributed by atoms with Crippen LogP contribution < -0.4 is 5.32 Å². The lowest BCUT2D eigenvalue weighted by atomic mass is 9.97. The number of amides is 1. The van der Waals surface area contributed by atoms with Gasteiger partial charge in [0.1, 0.15) is 5.82 Å². The van der Waals surface area contributed by atoms with Crippen LogP contribution in [0.25, 0.3) is 5.95 Å². The molecule has 3 heterocycles. The Morgan fingerprint density at radius 2 is 1.56 bits per heavy atom. The number of carbonyl (C=O) groups excluding carboxylic acids is 1. The zero-order valence-electron chi connectivity index (χ0n) is 20.2. The number of hydrogen-bond acceptors (Lipinski definition) is 6. The summed E-state index contributed by atoms with van der Waals surface area (Å²) in [6.45, 7) is 10.1. The summed E-state index contributed by atoms with van der Waals surface area (Å²) in [5, 5.41) is 7.39. The molecule has 34 heavy (non-hydrogen) atoms. The van der Waals surface area contributed by atoms with E-state index in [2.05, 4.69) is 20.4 Å². The second-order valence-electron chi connectivity index (χ2n) is 8.95. The summed E-state index contributed by atoms with van der Waals surface area (Å²) in [5.41, 5.74) is 4.34. The van der Waals surface area contributed by atoms with Gasteiger partial charge in [-0.05, 0) is 76.8 Å². The Balaban J connectivity index is 1.45. The molecule has 0 aliphatic carbocycles. The van der Waals surface area contributed by atoms with Gasteiger partial charge in [-0.1, -0.05) is 6.07 Å². The first-order valence-corrected chi connectivity index (χ1v) is 12.8. The Morgan fingerprint density at radius 3 is 2.18 bits per heavy atom. The van der Waals surface area contributed by atoms with Crippen LogP contribution in [0.3, 0.4) is 0 Å². The molecule has 1 fully saturated rings. The lowest BCUT2D eigenvalue weighted by molar-refractivity contribution is -0.120. The quantitative estimate of drug-likeness (QED) is 0.598. The molecule has 1 aromatic carbocycles. The smallest absolute Gasteiger partial charge is 0.252 e. The fourth-order valence-corrected chi connectivity index (χ4v) is 5.71. The summed E-state index contributed by atoms with van der Waals surface area (Å²) in [4.78, 5) is 22.2. The van der Waals surface area contributed by atoms with E-state index in [-0.39, 0.29) is 11.8 Å². The van der Waals surface area contributed by atoms with Gasteiger partial charge >= 0.3 is 0 Å². The third kappa shape index (κ3) is 4.88. The van der Waals surface area contributed by atoms with Gasteiger partial charge < -0.3 is 5.32 Å². The van der Waals surface area contributed by atoms with E-state index in [9.17, 15) is 13.2 Å². The molecule has 1 aliphatic rings. The summed E-state index contributed by atoms with van der Waals surface area (Å²) in [7, 11) is -3.59. The second-order valence-corrected chi connectivity index (χ2v) is 10.9. The number of hydrogen-bond donors (Lipinski definition) is 1. The summed E-state index contributed by atoms with van der Waals surface area (Å²) < 4.78 is 29.2. The fraction of sp³-hybridized carbons (Fsp3) is 0.417. The predicted molar refractivity (Wildman–Crippen MR) is 129 cm³/mol. The van der Waals surface area contributed by atoms with E-state index >= 15 is 0 Å². The van der Waals surface area contributed by atoms with Crippen LogP contribution in [0.1, 0.15) is 41.1 Å². The molecule has 10 heteroatoms. The normalized spacial score (nSPS) is 15.4. The number of aromatic nitrogens is 4. The highest BCUT2D eigenvalue weighted by atomic mass is 32.2. The van der Waals surface area contributed by atoms with Crippen LogP contribution in [0.5, 0.6) is 0 Å². The number of nitrogens with one attached hydrogen (secondary N) is 1. The van der Waals surface area contributed by atoms with Crippen LogP contribution >= 0.6 is 0 Å². The van der Waals surface area contributed by atoms with Gasteiger partial charge in [0.25, 0.3) is 5.95 Å². The van der Waals surface area contributed by atoms with E-state index in [0.717, 1.165) is 28.2 Å². The molecule has 1 amide bonds. The van der Waals surface area contributed by atoms with Gasteiger partial charge in [-0.25, -0.2) is 18.4 Å². The molecule has 180 valence electrons. The Bertz CT molecular complexity index is 1320. The molecule has 0 atom stereocenters. The lowest BCUT2D eigenvalue weighted by Crippen LogP contribution is -2.41. The first kappa shape index (κ1) is 24.0. The van der Waals surface area contributed by atoms with Crippen molar-refractivity contribution in [3.63, 3.8) is 0 Å².